The first-order valence-corrected chi connectivity index (χ1v) is 8.63. The number of ether oxygens (including phenoxy) is 3. The van der Waals surface area contributed by atoms with Gasteiger partial charge in [-0.05, 0) is 31.4 Å². The molecular weight excluding hydrogens is 306 g/mol. The molecule has 1 aromatic carbocycles. The summed E-state index contributed by atoms with van der Waals surface area (Å²) in [4.78, 5) is 4.26. The number of benzene rings is 1. The van der Waals surface area contributed by atoms with E-state index < -0.39 is 0 Å². The quantitative estimate of drug-likeness (QED) is 0.413. The van der Waals surface area contributed by atoms with E-state index >= 15 is 0 Å². The lowest BCUT2D eigenvalue weighted by molar-refractivity contribution is 0.105. The second-order valence-electron chi connectivity index (χ2n) is 5.77. The molecule has 0 spiro atoms. The minimum Gasteiger partial charge on any atom is -0.493 e. The van der Waals surface area contributed by atoms with E-state index in [1.165, 1.54) is 6.42 Å². The maximum atomic E-state index is 5.72. The molecule has 0 amide bonds. The van der Waals surface area contributed by atoms with Gasteiger partial charge in [-0.1, -0.05) is 6.07 Å². The topological polar surface area (TPSA) is 64.1 Å². The number of rotatable bonds is 9. The summed E-state index contributed by atoms with van der Waals surface area (Å²) in [6, 6.07) is 7.88. The number of aliphatic imine (C=N–C) groups is 1. The summed E-state index contributed by atoms with van der Waals surface area (Å²) in [6.45, 7) is 3.09. The molecule has 0 saturated carbocycles. The molecule has 1 fully saturated rings. The van der Waals surface area contributed by atoms with Gasteiger partial charge in [-0.25, -0.2) is 0 Å². The number of hydrogen-bond donors (Lipinski definition) is 2. The summed E-state index contributed by atoms with van der Waals surface area (Å²) in [5, 5.41) is 6.62. The molecule has 1 aliphatic rings. The second kappa shape index (κ2) is 10.9. The van der Waals surface area contributed by atoms with Crippen LogP contribution in [0.5, 0.6) is 5.75 Å². The van der Waals surface area contributed by atoms with Gasteiger partial charge in [0, 0.05) is 52.1 Å². The molecule has 2 rings (SSSR count). The van der Waals surface area contributed by atoms with Crippen LogP contribution in [0.3, 0.4) is 0 Å². The number of nitrogens with zero attached hydrogens (tertiary/aromatic N) is 1. The minimum atomic E-state index is 0.388. The van der Waals surface area contributed by atoms with E-state index in [0.29, 0.717) is 19.3 Å². The first kappa shape index (κ1) is 18.5. The molecule has 6 heteroatoms. The summed E-state index contributed by atoms with van der Waals surface area (Å²) in [7, 11) is 3.47. The zero-order valence-corrected chi connectivity index (χ0v) is 14.7. The van der Waals surface area contributed by atoms with E-state index in [0.717, 1.165) is 49.8 Å². The Morgan fingerprint density at radius 1 is 1.38 bits per heavy atom. The zero-order chi connectivity index (χ0) is 17.0. The zero-order valence-electron chi connectivity index (χ0n) is 14.7. The largest absolute Gasteiger partial charge is 0.493 e. The van der Waals surface area contributed by atoms with Crippen LogP contribution in [0.15, 0.2) is 29.3 Å². The van der Waals surface area contributed by atoms with Gasteiger partial charge in [0.15, 0.2) is 5.96 Å². The highest BCUT2D eigenvalue weighted by molar-refractivity contribution is 5.93. The summed E-state index contributed by atoms with van der Waals surface area (Å²) >= 11 is 0. The highest BCUT2D eigenvalue weighted by atomic mass is 16.5. The fraction of sp³-hybridized carbons (Fsp3) is 0.611. The van der Waals surface area contributed by atoms with Crippen LogP contribution in [0.2, 0.25) is 0 Å². The monoisotopic (exact) mass is 335 g/mol. The molecule has 0 aromatic heterocycles. The van der Waals surface area contributed by atoms with Crippen LogP contribution < -0.4 is 15.4 Å². The van der Waals surface area contributed by atoms with E-state index in [1.54, 1.807) is 14.2 Å². The van der Waals surface area contributed by atoms with Crippen molar-refractivity contribution in [3.8, 4) is 5.75 Å². The smallest absolute Gasteiger partial charge is 0.195 e. The average Bonchev–Trinajstić information content (AvgIpc) is 3.12. The van der Waals surface area contributed by atoms with Crippen LogP contribution in [0.25, 0.3) is 0 Å². The van der Waals surface area contributed by atoms with Crippen molar-refractivity contribution in [2.75, 3.05) is 45.8 Å². The van der Waals surface area contributed by atoms with Crippen LogP contribution in [-0.2, 0) is 9.47 Å². The molecular formula is C18H29N3O3. The van der Waals surface area contributed by atoms with Crippen LogP contribution in [0, 0.1) is 0 Å². The Balaban J connectivity index is 1.75. The van der Waals surface area contributed by atoms with Crippen LogP contribution in [0.4, 0.5) is 5.69 Å². The first-order chi connectivity index (χ1) is 11.8. The van der Waals surface area contributed by atoms with Crippen molar-refractivity contribution in [3.05, 3.63) is 24.3 Å². The molecule has 1 atom stereocenters. The van der Waals surface area contributed by atoms with Gasteiger partial charge < -0.3 is 24.8 Å². The van der Waals surface area contributed by atoms with Gasteiger partial charge in [-0.15, -0.1) is 0 Å². The highest BCUT2D eigenvalue weighted by Crippen LogP contribution is 2.18. The van der Waals surface area contributed by atoms with Crippen molar-refractivity contribution >= 4 is 11.6 Å². The Labute approximate surface area is 144 Å². The van der Waals surface area contributed by atoms with E-state index in [-0.39, 0.29) is 0 Å². The molecule has 0 radical (unpaired) electrons. The van der Waals surface area contributed by atoms with Gasteiger partial charge in [0.25, 0.3) is 0 Å². The Bertz CT molecular complexity index is 502. The van der Waals surface area contributed by atoms with E-state index in [4.69, 9.17) is 14.2 Å². The van der Waals surface area contributed by atoms with E-state index in [9.17, 15) is 0 Å². The van der Waals surface area contributed by atoms with E-state index in [2.05, 4.69) is 15.6 Å². The number of anilines is 1. The lowest BCUT2D eigenvalue weighted by Gasteiger charge is -2.14. The lowest BCUT2D eigenvalue weighted by atomic mass is 10.2. The second-order valence-corrected chi connectivity index (χ2v) is 5.77. The van der Waals surface area contributed by atoms with Crippen LogP contribution >= 0.6 is 0 Å². The minimum absolute atomic E-state index is 0.388. The predicted octanol–water partition coefficient (Wildman–Crippen LogP) is 2.66. The van der Waals surface area contributed by atoms with Crippen molar-refractivity contribution in [2.45, 2.75) is 31.8 Å². The van der Waals surface area contributed by atoms with Crippen molar-refractivity contribution < 1.29 is 14.2 Å². The highest BCUT2D eigenvalue weighted by Gasteiger charge is 2.14. The number of nitrogens with one attached hydrogen (secondary N) is 2. The summed E-state index contributed by atoms with van der Waals surface area (Å²) < 4.78 is 16.4. The molecule has 0 aliphatic carbocycles. The van der Waals surface area contributed by atoms with Gasteiger partial charge in [-0.3, -0.25) is 4.99 Å². The molecule has 1 aliphatic heterocycles. The molecule has 6 nitrogen and oxygen atoms in total. The Kier molecular flexibility index (Phi) is 8.41. The van der Waals surface area contributed by atoms with Crippen molar-refractivity contribution in [3.63, 3.8) is 0 Å². The molecule has 1 aromatic rings. The fourth-order valence-corrected chi connectivity index (χ4v) is 2.60. The SMILES string of the molecule is CN=C(NCCC1CCCO1)Nc1cccc(OCCCOC)c1. The molecule has 1 saturated heterocycles. The average molecular weight is 335 g/mol. The van der Waals surface area contributed by atoms with Gasteiger partial charge in [-0.2, -0.15) is 0 Å². The van der Waals surface area contributed by atoms with Gasteiger partial charge in [0.1, 0.15) is 5.75 Å². The Morgan fingerprint density at radius 2 is 2.29 bits per heavy atom. The van der Waals surface area contributed by atoms with Crippen LogP contribution in [0.1, 0.15) is 25.7 Å². The van der Waals surface area contributed by atoms with Gasteiger partial charge in [0.2, 0.25) is 0 Å². The normalized spacial score (nSPS) is 17.8. The van der Waals surface area contributed by atoms with Crippen molar-refractivity contribution in [1.82, 2.24) is 5.32 Å². The third kappa shape index (κ3) is 6.76. The first-order valence-electron chi connectivity index (χ1n) is 8.63. The van der Waals surface area contributed by atoms with Crippen molar-refractivity contribution in [1.29, 1.82) is 0 Å². The fourth-order valence-electron chi connectivity index (χ4n) is 2.60. The Morgan fingerprint density at radius 3 is 3.04 bits per heavy atom. The van der Waals surface area contributed by atoms with E-state index in [1.807, 2.05) is 24.3 Å². The number of hydrogen-bond acceptors (Lipinski definition) is 4. The standard InChI is InChI=1S/C18H29N3O3/c1-19-18(20-10-9-16-8-4-12-23-16)21-15-6-3-7-17(14-15)24-13-5-11-22-2/h3,6-7,14,16H,4-5,8-13H2,1-2H3,(H2,19,20,21). The molecule has 0 bridgehead atoms. The van der Waals surface area contributed by atoms with Crippen LogP contribution in [-0.4, -0.2) is 52.6 Å². The number of guanidine groups is 1. The molecule has 134 valence electrons. The molecule has 2 N–H and O–H groups in total. The summed E-state index contributed by atoms with van der Waals surface area (Å²) in [6.07, 6.45) is 4.61. The molecule has 1 unspecified atom stereocenters. The molecule has 24 heavy (non-hydrogen) atoms. The molecule has 1 heterocycles. The lowest BCUT2D eigenvalue weighted by Crippen LogP contribution is -2.32. The van der Waals surface area contributed by atoms with Gasteiger partial charge in [0.05, 0.1) is 12.7 Å². The van der Waals surface area contributed by atoms with Crippen molar-refractivity contribution in [2.24, 2.45) is 4.99 Å². The predicted molar refractivity (Wildman–Crippen MR) is 97.0 cm³/mol. The number of methoxy groups -OCH3 is 1. The van der Waals surface area contributed by atoms with Gasteiger partial charge >= 0.3 is 0 Å². The third-order valence-corrected chi connectivity index (χ3v) is 3.86. The maximum absolute atomic E-state index is 5.72. The summed E-state index contributed by atoms with van der Waals surface area (Å²) in [5.41, 5.74) is 0.949. The third-order valence-electron chi connectivity index (χ3n) is 3.86. The summed E-state index contributed by atoms with van der Waals surface area (Å²) in [5.74, 6) is 1.59. The maximum Gasteiger partial charge on any atom is 0.195 e. The Hall–Kier alpha value is -1.79.